The van der Waals surface area contributed by atoms with Crippen LogP contribution in [0.25, 0.3) is 22.2 Å². The van der Waals surface area contributed by atoms with Crippen molar-refractivity contribution in [1.82, 2.24) is 4.98 Å². The molecule has 0 radical (unpaired) electrons. The van der Waals surface area contributed by atoms with E-state index in [0.717, 1.165) is 29.3 Å². The fraction of sp³-hybridized carbons (Fsp3) is 0.150. The number of nitrogens with zero attached hydrogens (tertiary/aromatic N) is 2. The molecular weight excluding hydrogens is 394 g/mol. The minimum atomic E-state index is -0.482. The van der Waals surface area contributed by atoms with Gasteiger partial charge in [0, 0.05) is 23.6 Å². The summed E-state index contributed by atoms with van der Waals surface area (Å²) in [6.07, 6.45) is 6.73. The number of anilines is 1. The zero-order valence-corrected chi connectivity index (χ0v) is 16.5. The number of nitrogens with one attached hydrogen (secondary N) is 1. The summed E-state index contributed by atoms with van der Waals surface area (Å²) in [4.78, 5) is 17.7. The molecule has 0 saturated heterocycles. The standard InChI is InChI=1S/C20H15N3O3S2/c1-25-16-7-3-2-6-14(16)22-20-23-15(10-27-20)13-9-12-5-4-8-17(28-11-21)18(12)26-19(13)24/h2-6,8-10,16H,7H2,1H3,(H,22,23). The van der Waals surface area contributed by atoms with Gasteiger partial charge in [-0.25, -0.2) is 9.78 Å². The summed E-state index contributed by atoms with van der Waals surface area (Å²) >= 11 is 2.37. The van der Waals surface area contributed by atoms with Crippen molar-refractivity contribution in [2.24, 2.45) is 0 Å². The molecule has 8 heteroatoms. The van der Waals surface area contributed by atoms with Gasteiger partial charge in [-0.3, -0.25) is 0 Å². The third-order valence-corrected chi connectivity index (χ3v) is 5.69. The second kappa shape index (κ2) is 8.02. The molecule has 6 nitrogen and oxygen atoms in total. The number of hydrogen-bond acceptors (Lipinski definition) is 8. The molecule has 1 aromatic carbocycles. The van der Waals surface area contributed by atoms with E-state index in [1.54, 1.807) is 19.2 Å². The van der Waals surface area contributed by atoms with Crippen LogP contribution >= 0.6 is 23.1 Å². The maximum Gasteiger partial charge on any atom is 0.345 e. The van der Waals surface area contributed by atoms with Crippen molar-refractivity contribution >= 4 is 39.2 Å². The highest BCUT2D eigenvalue weighted by Gasteiger charge is 2.17. The van der Waals surface area contributed by atoms with Crippen molar-refractivity contribution in [3.05, 3.63) is 64.0 Å². The highest BCUT2D eigenvalue weighted by molar-refractivity contribution is 8.04. The quantitative estimate of drug-likeness (QED) is 0.369. The van der Waals surface area contributed by atoms with Crippen molar-refractivity contribution in [2.75, 3.05) is 12.4 Å². The second-order valence-corrected chi connectivity index (χ2v) is 7.67. The number of thiocyanates is 1. The Balaban J connectivity index is 1.67. The number of benzene rings is 1. The zero-order chi connectivity index (χ0) is 19.5. The van der Waals surface area contributed by atoms with E-state index in [-0.39, 0.29) is 6.10 Å². The number of thiazole rings is 1. The smallest absolute Gasteiger partial charge is 0.345 e. The topological polar surface area (TPSA) is 88.2 Å². The molecule has 28 heavy (non-hydrogen) atoms. The van der Waals surface area contributed by atoms with Crippen LogP contribution < -0.4 is 10.9 Å². The summed E-state index contributed by atoms with van der Waals surface area (Å²) in [6, 6.07) is 7.18. The van der Waals surface area contributed by atoms with Crippen LogP contribution in [0.2, 0.25) is 0 Å². The molecule has 1 aliphatic carbocycles. The highest BCUT2D eigenvalue weighted by Crippen LogP contribution is 2.30. The van der Waals surface area contributed by atoms with Gasteiger partial charge in [0.05, 0.1) is 16.2 Å². The minimum Gasteiger partial charge on any atom is -0.421 e. The SMILES string of the molecule is COC1CC=CC=C1Nc1nc(-c2cc3cccc(SC#N)c3oc2=O)cs1. The van der Waals surface area contributed by atoms with Crippen molar-refractivity contribution in [2.45, 2.75) is 17.4 Å². The number of methoxy groups -OCH3 is 1. The fourth-order valence-corrected chi connectivity index (χ4v) is 4.19. The van der Waals surface area contributed by atoms with Crippen molar-refractivity contribution < 1.29 is 9.15 Å². The third kappa shape index (κ3) is 3.60. The molecule has 0 aliphatic heterocycles. The van der Waals surface area contributed by atoms with E-state index in [2.05, 4.69) is 10.3 Å². The Morgan fingerprint density at radius 2 is 2.36 bits per heavy atom. The Labute approximate surface area is 169 Å². The maximum absolute atomic E-state index is 12.5. The lowest BCUT2D eigenvalue weighted by Crippen LogP contribution is -2.20. The van der Waals surface area contributed by atoms with Gasteiger partial charge < -0.3 is 14.5 Å². The molecule has 2 aromatic heterocycles. The van der Waals surface area contributed by atoms with E-state index < -0.39 is 5.63 Å². The molecule has 140 valence electrons. The molecular formula is C20H15N3O3S2. The van der Waals surface area contributed by atoms with Crippen molar-refractivity contribution in [3.8, 4) is 16.7 Å². The molecule has 0 saturated carbocycles. The van der Waals surface area contributed by atoms with Crippen LogP contribution in [0.4, 0.5) is 5.13 Å². The van der Waals surface area contributed by atoms with Crippen LogP contribution in [0, 0.1) is 10.7 Å². The predicted molar refractivity (Wildman–Crippen MR) is 111 cm³/mol. The van der Waals surface area contributed by atoms with E-state index in [0.29, 0.717) is 26.9 Å². The summed E-state index contributed by atoms with van der Waals surface area (Å²) < 4.78 is 11.0. The number of fused-ring (bicyclic) bond motifs is 1. The lowest BCUT2D eigenvalue weighted by atomic mass is 10.1. The molecule has 0 amide bonds. The molecule has 0 fully saturated rings. The monoisotopic (exact) mass is 409 g/mol. The third-order valence-electron chi connectivity index (χ3n) is 4.30. The molecule has 1 aliphatic rings. The van der Waals surface area contributed by atoms with Gasteiger partial charge >= 0.3 is 5.63 Å². The number of aromatic nitrogens is 1. The Morgan fingerprint density at radius 1 is 1.46 bits per heavy atom. The lowest BCUT2D eigenvalue weighted by molar-refractivity contribution is 0.134. The molecule has 1 N–H and O–H groups in total. The first-order chi connectivity index (χ1) is 13.7. The van der Waals surface area contributed by atoms with E-state index in [4.69, 9.17) is 14.4 Å². The van der Waals surface area contributed by atoms with Crippen LogP contribution in [-0.2, 0) is 4.74 Å². The number of ether oxygens (including phenoxy) is 1. The van der Waals surface area contributed by atoms with Crippen LogP contribution in [-0.4, -0.2) is 18.2 Å². The number of thioether (sulfide) groups is 1. The van der Waals surface area contributed by atoms with Gasteiger partial charge in [0.15, 0.2) is 10.7 Å². The second-order valence-electron chi connectivity index (χ2n) is 5.99. The molecule has 3 aromatic rings. The first-order valence-electron chi connectivity index (χ1n) is 8.45. The van der Waals surface area contributed by atoms with E-state index in [1.807, 2.05) is 41.1 Å². The number of nitriles is 1. The largest absolute Gasteiger partial charge is 0.421 e. The summed E-state index contributed by atoms with van der Waals surface area (Å²) in [5, 5.41) is 17.4. The van der Waals surface area contributed by atoms with E-state index >= 15 is 0 Å². The molecule has 1 unspecified atom stereocenters. The number of para-hydroxylation sites is 1. The Bertz CT molecular complexity index is 1190. The summed E-state index contributed by atoms with van der Waals surface area (Å²) in [5.74, 6) is 0. The van der Waals surface area contributed by atoms with Gasteiger partial charge in [0.25, 0.3) is 0 Å². The predicted octanol–water partition coefficient (Wildman–Crippen LogP) is 4.76. The fourth-order valence-electron chi connectivity index (χ4n) is 2.96. The first kappa shape index (κ1) is 18.5. The van der Waals surface area contributed by atoms with Gasteiger partial charge in [0.1, 0.15) is 11.5 Å². The maximum atomic E-state index is 12.5. The van der Waals surface area contributed by atoms with Gasteiger partial charge in [-0.15, -0.1) is 11.3 Å². The van der Waals surface area contributed by atoms with Crippen LogP contribution in [0.3, 0.4) is 0 Å². The van der Waals surface area contributed by atoms with Gasteiger partial charge in [-0.2, -0.15) is 5.26 Å². The van der Waals surface area contributed by atoms with Gasteiger partial charge in [0.2, 0.25) is 0 Å². The van der Waals surface area contributed by atoms with Gasteiger partial charge in [-0.05, 0) is 36.4 Å². The van der Waals surface area contributed by atoms with E-state index in [1.165, 1.54) is 11.3 Å². The number of allylic oxidation sites excluding steroid dienone is 2. The average Bonchev–Trinajstić information content (AvgIpc) is 3.17. The molecule has 2 heterocycles. The minimum absolute atomic E-state index is 0.0425. The lowest BCUT2D eigenvalue weighted by Gasteiger charge is -2.20. The Kier molecular flexibility index (Phi) is 5.30. The first-order valence-corrected chi connectivity index (χ1v) is 10.1. The van der Waals surface area contributed by atoms with Crippen LogP contribution in [0.15, 0.2) is 67.7 Å². The number of hydrogen-bond donors (Lipinski definition) is 1. The van der Waals surface area contributed by atoms with Gasteiger partial charge in [-0.1, -0.05) is 24.3 Å². The van der Waals surface area contributed by atoms with Crippen LogP contribution in [0.1, 0.15) is 6.42 Å². The Hall–Kier alpha value is -2.86. The molecule has 0 spiro atoms. The van der Waals surface area contributed by atoms with Crippen molar-refractivity contribution in [1.29, 1.82) is 5.26 Å². The van der Waals surface area contributed by atoms with Crippen LogP contribution in [0.5, 0.6) is 0 Å². The summed E-state index contributed by atoms with van der Waals surface area (Å²) in [5.41, 5.74) is 1.79. The highest BCUT2D eigenvalue weighted by atomic mass is 32.2. The van der Waals surface area contributed by atoms with E-state index in [9.17, 15) is 4.79 Å². The average molecular weight is 409 g/mol. The molecule has 0 bridgehead atoms. The number of rotatable bonds is 5. The molecule has 1 atom stereocenters. The summed E-state index contributed by atoms with van der Waals surface area (Å²) in [6.45, 7) is 0. The summed E-state index contributed by atoms with van der Waals surface area (Å²) in [7, 11) is 1.67. The Morgan fingerprint density at radius 3 is 3.18 bits per heavy atom. The molecule has 4 rings (SSSR count). The zero-order valence-electron chi connectivity index (χ0n) is 14.8. The van der Waals surface area contributed by atoms with Crippen molar-refractivity contribution in [3.63, 3.8) is 0 Å². The normalized spacial score (nSPS) is 16.0.